The van der Waals surface area contributed by atoms with Gasteiger partial charge in [0, 0.05) is 25.8 Å². The third-order valence-corrected chi connectivity index (χ3v) is 3.44. The van der Waals surface area contributed by atoms with E-state index in [1.54, 1.807) is 0 Å². The van der Waals surface area contributed by atoms with Gasteiger partial charge in [0.15, 0.2) is 0 Å². The third-order valence-electron chi connectivity index (χ3n) is 3.44. The molecule has 0 aliphatic carbocycles. The molecule has 4 heteroatoms. The van der Waals surface area contributed by atoms with Gasteiger partial charge in [-0.1, -0.05) is 6.92 Å². The number of hydrogen-bond donors (Lipinski definition) is 2. The topological polar surface area (TPSA) is 48.4 Å². The maximum atomic E-state index is 10.0. The number of pyridine rings is 1. The smallest absolute Gasteiger partial charge is 0.131 e. The Labute approximate surface area is 109 Å². The molecule has 2 N–H and O–H groups in total. The first-order valence-corrected chi connectivity index (χ1v) is 6.65. The highest BCUT2D eigenvalue weighted by Gasteiger charge is 2.32. The maximum absolute atomic E-state index is 10.0. The van der Waals surface area contributed by atoms with E-state index in [2.05, 4.69) is 35.1 Å². The van der Waals surface area contributed by atoms with Gasteiger partial charge in [0.25, 0.3) is 0 Å². The fourth-order valence-corrected chi connectivity index (χ4v) is 2.45. The molecule has 2 heterocycles. The van der Waals surface area contributed by atoms with Gasteiger partial charge in [0.2, 0.25) is 0 Å². The molecule has 0 spiro atoms. The molecule has 0 aromatic carbocycles. The van der Waals surface area contributed by atoms with Gasteiger partial charge in [-0.05, 0) is 44.0 Å². The Bertz CT molecular complexity index is 418. The Balaban J connectivity index is 2.10. The summed E-state index contributed by atoms with van der Waals surface area (Å²) in [7, 11) is 0. The highest BCUT2D eigenvalue weighted by molar-refractivity contribution is 5.48. The highest BCUT2D eigenvalue weighted by atomic mass is 16.3. The first-order chi connectivity index (χ1) is 8.52. The summed E-state index contributed by atoms with van der Waals surface area (Å²) in [6.07, 6.45) is 2.74. The summed E-state index contributed by atoms with van der Waals surface area (Å²) in [4.78, 5) is 6.73. The van der Waals surface area contributed by atoms with Crippen molar-refractivity contribution in [3.05, 3.63) is 23.4 Å². The Morgan fingerprint density at radius 2 is 2.33 bits per heavy atom. The first-order valence-electron chi connectivity index (χ1n) is 6.65. The number of aliphatic hydroxyl groups is 1. The van der Waals surface area contributed by atoms with Gasteiger partial charge in [-0.25, -0.2) is 4.98 Å². The number of nitrogens with zero attached hydrogens (tertiary/aromatic N) is 2. The second kappa shape index (κ2) is 5.24. The number of rotatable bonds is 4. The fraction of sp³-hybridized carbons (Fsp3) is 0.643. The Kier molecular flexibility index (Phi) is 3.88. The molecule has 0 amide bonds. The van der Waals surface area contributed by atoms with Crippen LogP contribution in [0.3, 0.4) is 0 Å². The van der Waals surface area contributed by atoms with E-state index in [1.807, 2.05) is 13.1 Å². The van der Waals surface area contributed by atoms with Crippen LogP contribution >= 0.6 is 0 Å². The minimum atomic E-state index is -0.573. The minimum Gasteiger partial charge on any atom is -0.388 e. The monoisotopic (exact) mass is 249 g/mol. The second-order valence-electron chi connectivity index (χ2n) is 5.43. The van der Waals surface area contributed by atoms with Gasteiger partial charge in [0.1, 0.15) is 5.82 Å². The van der Waals surface area contributed by atoms with Crippen LogP contribution in [0.15, 0.2) is 12.3 Å². The van der Waals surface area contributed by atoms with E-state index in [9.17, 15) is 5.11 Å². The van der Waals surface area contributed by atoms with Gasteiger partial charge in [-0.3, -0.25) is 0 Å². The van der Waals surface area contributed by atoms with Gasteiger partial charge in [0.05, 0.1) is 5.60 Å². The molecular weight excluding hydrogens is 226 g/mol. The average Bonchev–Trinajstić information content (AvgIpc) is 2.67. The lowest BCUT2D eigenvalue weighted by atomic mass is 10.1. The number of anilines is 1. The first kappa shape index (κ1) is 13.3. The summed E-state index contributed by atoms with van der Waals surface area (Å²) < 4.78 is 0. The quantitative estimate of drug-likeness (QED) is 0.848. The zero-order chi connectivity index (χ0) is 13.2. The van der Waals surface area contributed by atoms with E-state index in [4.69, 9.17) is 0 Å². The van der Waals surface area contributed by atoms with Crippen molar-refractivity contribution < 1.29 is 5.11 Å². The molecule has 1 aliphatic heterocycles. The van der Waals surface area contributed by atoms with Crippen molar-refractivity contribution in [1.29, 1.82) is 0 Å². The lowest BCUT2D eigenvalue weighted by Gasteiger charge is -2.21. The SMILES string of the molecule is CCNCc1cnc(N2CCC(C)(O)C2)c(C)c1. The molecule has 0 bridgehead atoms. The zero-order valence-electron chi connectivity index (χ0n) is 11.5. The van der Waals surface area contributed by atoms with Crippen molar-refractivity contribution in [2.45, 2.75) is 39.3 Å². The highest BCUT2D eigenvalue weighted by Crippen LogP contribution is 2.27. The van der Waals surface area contributed by atoms with Crippen molar-refractivity contribution in [2.24, 2.45) is 0 Å². The number of aryl methyl sites for hydroxylation is 1. The van der Waals surface area contributed by atoms with E-state index in [0.717, 1.165) is 31.9 Å². The van der Waals surface area contributed by atoms with E-state index in [-0.39, 0.29) is 0 Å². The summed E-state index contributed by atoms with van der Waals surface area (Å²) in [6.45, 7) is 9.46. The van der Waals surface area contributed by atoms with Gasteiger partial charge >= 0.3 is 0 Å². The average molecular weight is 249 g/mol. The Hall–Kier alpha value is -1.13. The summed E-state index contributed by atoms with van der Waals surface area (Å²) in [6, 6.07) is 2.18. The molecule has 1 saturated heterocycles. The van der Waals surface area contributed by atoms with Crippen molar-refractivity contribution in [3.63, 3.8) is 0 Å². The molecule has 1 unspecified atom stereocenters. The standard InChI is InChI=1S/C14H23N3O/c1-4-15-8-12-7-11(2)13(16-9-12)17-6-5-14(3,18)10-17/h7,9,15,18H,4-6,8,10H2,1-3H3. The molecule has 1 atom stereocenters. The number of hydrogen-bond acceptors (Lipinski definition) is 4. The van der Waals surface area contributed by atoms with Gasteiger partial charge < -0.3 is 15.3 Å². The molecule has 18 heavy (non-hydrogen) atoms. The van der Waals surface area contributed by atoms with Crippen molar-refractivity contribution in [2.75, 3.05) is 24.5 Å². The molecule has 1 aliphatic rings. The van der Waals surface area contributed by atoms with Crippen LogP contribution in [-0.2, 0) is 6.54 Å². The van der Waals surface area contributed by atoms with Crippen LogP contribution in [0.25, 0.3) is 0 Å². The lowest BCUT2D eigenvalue weighted by molar-refractivity contribution is 0.0839. The predicted molar refractivity (Wildman–Crippen MR) is 73.8 cm³/mol. The predicted octanol–water partition coefficient (Wildman–Crippen LogP) is 1.46. The number of aromatic nitrogens is 1. The van der Waals surface area contributed by atoms with E-state index in [1.165, 1.54) is 11.1 Å². The molecule has 0 radical (unpaired) electrons. The summed E-state index contributed by atoms with van der Waals surface area (Å²) in [5, 5.41) is 13.3. The zero-order valence-corrected chi connectivity index (χ0v) is 11.5. The normalized spacial score (nSPS) is 23.7. The van der Waals surface area contributed by atoms with Gasteiger partial charge in [-0.2, -0.15) is 0 Å². The van der Waals surface area contributed by atoms with Crippen LogP contribution in [0, 0.1) is 6.92 Å². The van der Waals surface area contributed by atoms with Crippen molar-refractivity contribution in [3.8, 4) is 0 Å². The van der Waals surface area contributed by atoms with Crippen molar-refractivity contribution >= 4 is 5.82 Å². The van der Waals surface area contributed by atoms with Crippen LogP contribution in [0.1, 0.15) is 31.4 Å². The van der Waals surface area contributed by atoms with Crippen LogP contribution in [0.4, 0.5) is 5.82 Å². The third kappa shape index (κ3) is 3.00. The number of β-amino-alcohol motifs (C(OH)–C–C–N with tert-alkyl or cyclic N) is 1. The Morgan fingerprint density at radius 3 is 2.89 bits per heavy atom. The van der Waals surface area contributed by atoms with E-state index in [0.29, 0.717) is 6.54 Å². The number of nitrogens with one attached hydrogen (secondary N) is 1. The van der Waals surface area contributed by atoms with Crippen molar-refractivity contribution in [1.82, 2.24) is 10.3 Å². The lowest BCUT2D eigenvalue weighted by Crippen LogP contribution is -2.30. The van der Waals surface area contributed by atoms with Gasteiger partial charge in [-0.15, -0.1) is 0 Å². The molecule has 1 aromatic heterocycles. The summed E-state index contributed by atoms with van der Waals surface area (Å²) >= 11 is 0. The molecule has 1 aromatic rings. The van der Waals surface area contributed by atoms with E-state index >= 15 is 0 Å². The van der Waals surface area contributed by atoms with E-state index < -0.39 is 5.60 Å². The molecule has 1 fully saturated rings. The van der Waals surface area contributed by atoms with Crippen LogP contribution < -0.4 is 10.2 Å². The van der Waals surface area contributed by atoms with Crippen LogP contribution in [0.2, 0.25) is 0 Å². The molecular formula is C14H23N3O. The summed E-state index contributed by atoms with van der Waals surface area (Å²) in [5.41, 5.74) is 1.82. The molecule has 100 valence electrons. The molecule has 2 rings (SSSR count). The second-order valence-corrected chi connectivity index (χ2v) is 5.43. The molecule has 4 nitrogen and oxygen atoms in total. The van der Waals surface area contributed by atoms with Crippen LogP contribution in [0.5, 0.6) is 0 Å². The molecule has 0 saturated carbocycles. The largest absolute Gasteiger partial charge is 0.388 e. The minimum absolute atomic E-state index is 0.573. The summed E-state index contributed by atoms with van der Waals surface area (Å²) in [5.74, 6) is 1.01. The Morgan fingerprint density at radius 1 is 1.56 bits per heavy atom. The maximum Gasteiger partial charge on any atom is 0.131 e. The van der Waals surface area contributed by atoms with Crippen LogP contribution in [-0.4, -0.2) is 35.3 Å². The fourth-order valence-electron chi connectivity index (χ4n) is 2.45.